The normalized spacial score (nSPS) is 10.5. The highest BCUT2D eigenvalue weighted by atomic mass is 16.5. The van der Waals surface area contributed by atoms with Gasteiger partial charge in [-0.3, -0.25) is 9.78 Å². The van der Waals surface area contributed by atoms with Gasteiger partial charge in [0.05, 0.1) is 17.9 Å². The molecule has 0 unspecified atom stereocenters. The van der Waals surface area contributed by atoms with Crippen LogP contribution in [-0.4, -0.2) is 20.9 Å². The maximum Gasteiger partial charge on any atom is 0.189 e. The molecule has 3 rings (SSSR count). The molecule has 0 spiro atoms. The summed E-state index contributed by atoms with van der Waals surface area (Å²) in [7, 11) is 0. The molecular weight excluding hydrogens is 306 g/mol. The Hall–Kier alpha value is -3.22. The molecule has 0 saturated heterocycles. The van der Waals surface area contributed by atoms with Crippen molar-refractivity contribution in [2.24, 2.45) is 0 Å². The third kappa shape index (κ3) is 3.75. The predicted molar refractivity (Wildman–Crippen MR) is 89.5 cm³/mol. The van der Waals surface area contributed by atoms with Crippen molar-refractivity contribution in [2.75, 3.05) is 11.1 Å². The monoisotopic (exact) mass is 323 g/mol. The molecule has 3 aromatic rings. The fourth-order valence-electron chi connectivity index (χ4n) is 2.26. The highest BCUT2D eigenvalue weighted by Crippen LogP contribution is 2.15. The van der Waals surface area contributed by atoms with Crippen LogP contribution in [0.4, 0.5) is 11.5 Å². The third-order valence-corrected chi connectivity index (χ3v) is 3.46. The molecule has 0 fully saturated rings. The van der Waals surface area contributed by atoms with Gasteiger partial charge in [0.2, 0.25) is 0 Å². The fourth-order valence-corrected chi connectivity index (χ4v) is 2.26. The van der Waals surface area contributed by atoms with Crippen molar-refractivity contribution in [3.8, 4) is 0 Å². The van der Waals surface area contributed by atoms with Gasteiger partial charge in [-0.2, -0.15) is 0 Å². The number of nitrogens with two attached hydrogens (primary N) is 1. The van der Waals surface area contributed by atoms with E-state index in [1.807, 2.05) is 18.2 Å². The molecule has 122 valence electrons. The topological polar surface area (TPSA) is 107 Å². The number of nitrogens with zero attached hydrogens (tertiary/aromatic N) is 3. The van der Waals surface area contributed by atoms with Crippen LogP contribution < -0.4 is 11.1 Å². The average Bonchev–Trinajstić information content (AvgIpc) is 3.01. The standard InChI is InChI=1S/C17H17N5O2/c1-11-7-15(22-24-11)16(23)9-12-4-6-19-13(8-12)10-21-14-3-2-5-20-17(14)18/h2-8,21H,9-10H2,1H3,(H2,18,20). The van der Waals surface area contributed by atoms with Crippen LogP contribution in [-0.2, 0) is 13.0 Å². The van der Waals surface area contributed by atoms with Crippen molar-refractivity contribution in [2.45, 2.75) is 19.9 Å². The van der Waals surface area contributed by atoms with E-state index in [1.54, 1.807) is 31.5 Å². The molecule has 0 saturated carbocycles. The van der Waals surface area contributed by atoms with Crippen LogP contribution in [0.5, 0.6) is 0 Å². The number of hydrogen-bond acceptors (Lipinski definition) is 7. The van der Waals surface area contributed by atoms with Crippen LogP contribution in [0.25, 0.3) is 0 Å². The molecule has 3 heterocycles. The van der Waals surface area contributed by atoms with Crippen LogP contribution >= 0.6 is 0 Å². The summed E-state index contributed by atoms with van der Waals surface area (Å²) in [5.41, 5.74) is 8.55. The Kier molecular flexibility index (Phi) is 4.51. The Balaban J connectivity index is 1.66. The summed E-state index contributed by atoms with van der Waals surface area (Å²) in [4.78, 5) is 20.5. The Morgan fingerprint density at radius 1 is 1.25 bits per heavy atom. The molecule has 3 aromatic heterocycles. The van der Waals surface area contributed by atoms with Gasteiger partial charge in [0.15, 0.2) is 5.78 Å². The van der Waals surface area contributed by atoms with Gasteiger partial charge in [-0.1, -0.05) is 5.16 Å². The van der Waals surface area contributed by atoms with Gasteiger partial charge in [-0.05, 0) is 36.8 Å². The maximum absolute atomic E-state index is 12.2. The number of nitrogen functional groups attached to an aromatic ring is 1. The third-order valence-electron chi connectivity index (χ3n) is 3.46. The van der Waals surface area contributed by atoms with Crippen LogP contribution in [0.1, 0.15) is 27.5 Å². The highest BCUT2D eigenvalue weighted by molar-refractivity contribution is 5.95. The molecule has 0 aromatic carbocycles. The first-order valence-corrected chi connectivity index (χ1v) is 7.46. The average molecular weight is 323 g/mol. The number of aromatic nitrogens is 3. The van der Waals surface area contributed by atoms with E-state index in [4.69, 9.17) is 10.3 Å². The van der Waals surface area contributed by atoms with Crippen molar-refractivity contribution in [1.82, 2.24) is 15.1 Å². The summed E-state index contributed by atoms with van der Waals surface area (Å²) >= 11 is 0. The Morgan fingerprint density at radius 2 is 2.12 bits per heavy atom. The minimum absolute atomic E-state index is 0.0894. The molecule has 0 aliphatic rings. The van der Waals surface area contributed by atoms with Gasteiger partial charge >= 0.3 is 0 Å². The number of anilines is 2. The number of hydrogen-bond donors (Lipinski definition) is 2. The second-order valence-electron chi connectivity index (χ2n) is 5.37. The summed E-state index contributed by atoms with van der Waals surface area (Å²) in [5, 5.41) is 6.93. The first-order chi connectivity index (χ1) is 11.6. The van der Waals surface area contributed by atoms with Gasteiger partial charge in [-0.15, -0.1) is 0 Å². The number of ketones is 1. The molecule has 0 radical (unpaired) electrons. The van der Waals surface area contributed by atoms with Crippen molar-refractivity contribution in [3.05, 3.63) is 65.4 Å². The lowest BCUT2D eigenvalue weighted by Gasteiger charge is -2.08. The number of carbonyl (C=O) groups excluding carboxylic acids is 1. The van der Waals surface area contributed by atoms with Crippen LogP contribution in [0.3, 0.4) is 0 Å². The fraction of sp³-hybridized carbons (Fsp3) is 0.176. The lowest BCUT2D eigenvalue weighted by molar-refractivity contribution is 0.0984. The van der Waals surface area contributed by atoms with Crippen molar-refractivity contribution >= 4 is 17.3 Å². The van der Waals surface area contributed by atoms with E-state index in [9.17, 15) is 4.79 Å². The lowest BCUT2D eigenvalue weighted by atomic mass is 10.1. The van der Waals surface area contributed by atoms with Crippen LogP contribution in [0.2, 0.25) is 0 Å². The Morgan fingerprint density at radius 3 is 2.88 bits per heavy atom. The SMILES string of the molecule is Cc1cc(C(=O)Cc2ccnc(CNc3cccnc3N)c2)no1. The van der Waals surface area contributed by atoms with Crippen molar-refractivity contribution < 1.29 is 9.32 Å². The molecule has 0 bridgehead atoms. The molecular formula is C17H17N5O2. The van der Waals surface area contributed by atoms with Gasteiger partial charge in [0, 0.05) is 24.9 Å². The smallest absolute Gasteiger partial charge is 0.189 e. The van der Waals surface area contributed by atoms with Crippen LogP contribution in [0, 0.1) is 6.92 Å². The van der Waals surface area contributed by atoms with E-state index in [0.29, 0.717) is 23.8 Å². The molecule has 3 N–H and O–H groups in total. The zero-order valence-corrected chi connectivity index (χ0v) is 13.2. The number of nitrogens with one attached hydrogen (secondary N) is 1. The number of Topliss-reactive ketones (excluding diaryl/α,β-unsaturated/α-hetero) is 1. The highest BCUT2D eigenvalue weighted by Gasteiger charge is 2.12. The van der Waals surface area contributed by atoms with Gasteiger partial charge < -0.3 is 15.6 Å². The summed E-state index contributed by atoms with van der Waals surface area (Å²) in [6.45, 7) is 2.24. The summed E-state index contributed by atoms with van der Waals surface area (Å²) in [6.07, 6.45) is 3.56. The van der Waals surface area contributed by atoms with Crippen LogP contribution in [0.15, 0.2) is 47.2 Å². The first-order valence-electron chi connectivity index (χ1n) is 7.46. The van der Waals surface area contributed by atoms with E-state index >= 15 is 0 Å². The number of carbonyl (C=O) groups is 1. The molecule has 0 amide bonds. The molecule has 7 nitrogen and oxygen atoms in total. The zero-order chi connectivity index (χ0) is 16.9. The quantitative estimate of drug-likeness (QED) is 0.671. The summed E-state index contributed by atoms with van der Waals surface area (Å²) in [5.74, 6) is 0.964. The van der Waals surface area contributed by atoms with E-state index in [1.165, 1.54) is 0 Å². The molecule has 0 atom stereocenters. The van der Waals surface area contributed by atoms with E-state index in [2.05, 4.69) is 20.4 Å². The Labute approximate surface area is 138 Å². The molecule has 0 aliphatic carbocycles. The molecule has 0 aliphatic heterocycles. The lowest BCUT2D eigenvalue weighted by Crippen LogP contribution is -2.07. The predicted octanol–water partition coefficient (Wildman–Crippen LogP) is 2.39. The first kappa shape index (κ1) is 15.7. The zero-order valence-electron chi connectivity index (χ0n) is 13.2. The molecule has 24 heavy (non-hydrogen) atoms. The molecule has 7 heteroatoms. The van der Waals surface area contributed by atoms with Gasteiger partial charge in [0.1, 0.15) is 17.3 Å². The van der Waals surface area contributed by atoms with Gasteiger partial charge in [-0.25, -0.2) is 4.98 Å². The van der Waals surface area contributed by atoms with Crippen molar-refractivity contribution in [3.63, 3.8) is 0 Å². The minimum atomic E-state index is -0.0894. The summed E-state index contributed by atoms with van der Waals surface area (Å²) < 4.78 is 4.93. The van der Waals surface area contributed by atoms with Gasteiger partial charge in [0.25, 0.3) is 0 Å². The van der Waals surface area contributed by atoms with Crippen molar-refractivity contribution in [1.29, 1.82) is 0 Å². The summed E-state index contributed by atoms with van der Waals surface area (Å²) in [6, 6.07) is 8.98. The largest absolute Gasteiger partial charge is 0.382 e. The second-order valence-corrected chi connectivity index (χ2v) is 5.37. The number of rotatable bonds is 6. The van der Waals surface area contributed by atoms with E-state index in [-0.39, 0.29) is 12.2 Å². The number of aryl methyl sites for hydroxylation is 1. The second kappa shape index (κ2) is 6.91. The van der Waals surface area contributed by atoms with E-state index < -0.39 is 0 Å². The minimum Gasteiger partial charge on any atom is -0.382 e. The number of pyridine rings is 2. The van der Waals surface area contributed by atoms with E-state index in [0.717, 1.165) is 16.9 Å². The maximum atomic E-state index is 12.2. The Bertz CT molecular complexity index is 859.